The summed E-state index contributed by atoms with van der Waals surface area (Å²) in [6.45, 7) is 9.17. The summed E-state index contributed by atoms with van der Waals surface area (Å²) in [7, 11) is 0. The number of nitrogens with zero attached hydrogens (tertiary/aromatic N) is 4. The number of aromatic nitrogens is 4. The quantitative estimate of drug-likeness (QED) is 0.921. The molecular weight excluding hydrogens is 246 g/mol. The SMILES string of the molecule is CC(c1ccsc1)n1nnnc1CNC(C)(C)C. The summed E-state index contributed by atoms with van der Waals surface area (Å²) < 4.78 is 1.88. The number of hydrogen-bond acceptors (Lipinski definition) is 5. The van der Waals surface area contributed by atoms with Crippen LogP contribution in [0, 0.1) is 0 Å². The van der Waals surface area contributed by atoms with Gasteiger partial charge in [0.2, 0.25) is 0 Å². The second-order valence-electron chi connectivity index (χ2n) is 5.38. The van der Waals surface area contributed by atoms with Gasteiger partial charge in [-0.25, -0.2) is 4.68 Å². The lowest BCUT2D eigenvalue weighted by atomic mass is 10.1. The van der Waals surface area contributed by atoms with Gasteiger partial charge in [0.15, 0.2) is 5.82 Å². The fraction of sp³-hybridized carbons (Fsp3) is 0.583. The second kappa shape index (κ2) is 5.16. The Balaban J connectivity index is 2.13. The fourth-order valence-corrected chi connectivity index (χ4v) is 2.37. The first-order valence-corrected chi connectivity index (χ1v) is 6.95. The highest BCUT2D eigenvalue weighted by Gasteiger charge is 2.17. The van der Waals surface area contributed by atoms with Crippen LogP contribution in [0.3, 0.4) is 0 Å². The molecule has 0 saturated heterocycles. The van der Waals surface area contributed by atoms with E-state index >= 15 is 0 Å². The van der Waals surface area contributed by atoms with Crippen molar-refractivity contribution in [2.45, 2.75) is 45.8 Å². The first-order chi connectivity index (χ1) is 8.47. The zero-order chi connectivity index (χ0) is 13.2. The van der Waals surface area contributed by atoms with Gasteiger partial charge in [-0.15, -0.1) is 5.10 Å². The highest BCUT2D eigenvalue weighted by molar-refractivity contribution is 7.07. The molecule has 2 rings (SSSR count). The zero-order valence-corrected chi connectivity index (χ0v) is 12.0. The number of hydrogen-bond donors (Lipinski definition) is 1. The van der Waals surface area contributed by atoms with Crippen molar-refractivity contribution < 1.29 is 0 Å². The summed E-state index contributed by atoms with van der Waals surface area (Å²) in [6, 6.07) is 2.28. The van der Waals surface area contributed by atoms with Crippen molar-refractivity contribution in [3.05, 3.63) is 28.2 Å². The number of tetrazole rings is 1. The average Bonchev–Trinajstić information content (AvgIpc) is 2.95. The molecule has 1 N–H and O–H groups in total. The van der Waals surface area contributed by atoms with E-state index in [1.807, 2.05) is 4.68 Å². The van der Waals surface area contributed by atoms with Crippen LogP contribution in [0.15, 0.2) is 16.8 Å². The van der Waals surface area contributed by atoms with Crippen molar-refractivity contribution in [3.8, 4) is 0 Å². The summed E-state index contributed by atoms with van der Waals surface area (Å²) in [6.07, 6.45) is 0. The van der Waals surface area contributed by atoms with Crippen LogP contribution in [0.5, 0.6) is 0 Å². The summed E-state index contributed by atoms with van der Waals surface area (Å²) in [5, 5.41) is 19.6. The van der Waals surface area contributed by atoms with Crippen molar-refractivity contribution in [2.75, 3.05) is 0 Å². The minimum absolute atomic E-state index is 0.0579. The predicted octanol–water partition coefficient (Wildman–Crippen LogP) is 2.23. The summed E-state index contributed by atoms with van der Waals surface area (Å²) in [5.41, 5.74) is 1.30. The second-order valence-corrected chi connectivity index (χ2v) is 6.16. The third-order valence-electron chi connectivity index (χ3n) is 2.73. The van der Waals surface area contributed by atoms with E-state index in [2.05, 4.69) is 65.4 Å². The van der Waals surface area contributed by atoms with Crippen LogP contribution >= 0.6 is 11.3 Å². The highest BCUT2D eigenvalue weighted by atomic mass is 32.1. The Morgan fingerprint density at radius 1 is 1.44 bits per heavy atom. The van der Waals surface area contributed by atoms with E-state index in [-0.39, 0.29) is 11.6 Å². The largest absolute Gasteiger partial charge is 0.305 e. The number of thiophene rings is 1. The molecule has 0 fully saturated rings. The Kier molecular flexibility index (Phi) is 3.77. The monoisotopic (exact) mass is 265 g/mol. The molecule has 0 amide bonds. The van der Waals surface area contributed by atoms with Crippen molar-refractivity contribution >= 4 is 11.3 Å². The smallest absolute Gasteiger partial charge is 0.165 e. The van der Waals surface area contributed by atoms with E-state index in [1.165, 1.54) is 5.56 Å². The molecule has 0 bridgehead atoms. The summed E-state index contributed by atoms with van der Waals surface area (Å²) in [4.78, 5) is 0. The minimum atomic E-state index is 0.0579. The molecule has 0 aliphatic carbocycles. The lowest BCUT2D eigenvalue weighted by Gasteiger charge is -2.20. The number of nitrogens with one attached hydrogen (secondary N) is 1. The summed E-state index contributed by atoms with van der Waals surface area (Å²) >= 11 is 1.69. The molecule has 0 saturated carbocycles. The van der Waals surface area contributed by atoms with Crippen molar-refractivity contribution in [1.82, 2.24) is 25.5 Å². The zero-order valence-electron chi connectivity index (χ0n) is 11.2. The Hall–Kier alpha value is -1.27. The van der Waals surface area contributed by atoms with Gasteiger partial charge in [-0.3, -0.25) is 0 Å². The van der Waals surface area contributed by atoms with Gasteiger partial charge in [-0.2, -0.15) is 11.3 Å². The van der Waals surface area contributed by atoms with Gasteiger partial charge in [0.1, 0.15) is 0 Å². The molecular formula is C12H19N5S. The molecule has 0 aromatic carbocycles. The van der Waals surface area contributed by atoms with E-state index in [0.29, 0.717) is 6.54 Å². The molecule has 0 aliphatic heterocycles. The molecule has 2 aromatic rings. The van der Waals surface area contributed by atoms with Gasteiger partial charge in [-0.1, -0.05) is 0 Å². The van der Waals surface area contributed by atoms with Gasteiger partial charge in [0, 0.05) is 5.54 Å². The van der Waals surface area contributed by atoms with Crippen molar-refractivity contribution in [3.63, 3.8) is 0 Å². The lowest BCUT2D eigenvalue weighted by Crippen LogP contribution is -2.36. The molecule has 5 nitrogen and oxygen atoms in total. The highest BCUT2D eigenvalue weighted by Crippen LogP contribution is 2.20. The van der Waals surface area contributed by atoms with Crippen LogP contribution < -0.4 is 5.32 Å². The van der Waals surface area contributed by atoms with Crippen LogP contribution in [-0.4, -0.2) is 25.7 Å². The molecule has 6 heteroatoms. The maximum Gasteiger partial charge on any atom is 0.165 e. The van der Waals surface area contributed by atoms with Crippen LogP contribution in [0.25, 0.3) is 0 Å². The van der Waals surface area contributed by atoms with E-state index in [0.717, 1.165) is 5.82 Å². The van der Waals surface area contributed by atoms with Gasteiger partial charge in [-0.05, 0) is 60.5 Å². The topological polar surface area (TPSA) is 55.6 Å². The van der Waals surface area contributed by atoms with Crippen LogP contribution in [0.2, 0.25) is 0 Å². The standard InChI is InChI=1S/C12H19N5S/c1-9(10-5-6-18-8-10)17-11(14-15-16-17)7-13-12(2,3)4/h5-6,8-9,13H,7H2,1-4H3. The third-order valence-corrected chi connectivity index (χ3v) is 3.43. The molecule has 2 aromatic heterocycles. The first kappa shape index (κ1) is 13.2. The minimum Gasteiger partial charge on any atom is -0.305 e. The predicted molar refractivity (Wildman–Crippen MR) is 72.5 cm³/mol. The number of rotatable bonds is 4. The molecule has 0 aliphatic rings. The Morgan fingerprint density at radius 3 is 2.83 bits per heavy atom. The van der Waals surface area contributed by atoms with Crippen LogP contribution in [0.4, 0.5) is 0 Å². The molecule has 98 valence electrons. The first-order valence-electron chi connectivity index (χ1n) is 6.01. The molecule has 0 radical (unpaired) electrons. The average molecular weight is 265 g/mol. The van der Waals surface area contributed by atoms with Crippen molar-refractivity contribution in [1.29, 1.82) is 0 Å². The van der Waals surface area contributed by atoms with Crippen LogP contribution in [-0.2, 0) is 6.54 Å². The van der Waals surface area contributed by atoms with Crippen molar-refractivity contribution in [2.24, 2.45) is 0 Å². The maximum absolute atomic E-state index is 4.09. The van der Waals surface area contributed by atoms with Crippen LogP contribution in [0.1, 0.15) is 45.1 Å². The Bertz CT molecular complexity index is 483. The van der Waals surface area contributed by atoms with Gasteiger partial charge >= 0.3 is 0 Å². The van der Waals surface area contributed by atoms with E-state index in [1.54, 1.807) is 11.3 Å². The van der Waals surface area contributed by atoms with Gasteiger partial charge in [0.05, 0.1) is 12.6 Å². The Morgan fingerprint density at radius 2 is 2.22 bits per heavy atom. The van der Waals surface area contributed by atoms with E-state index in [4.69, 9.17) is 0 Å². The lowest BCUT2D eigenvalue weighted by molar-refractivity contribution is 0.403. The maximum atomic E-state index is 4.09. The summed E-state index contributed by atoms with van der Waals surface area (Å²) in [5.74, 6) is 0.864. The van der Waals surface area contributed by atoms with Gasteiger partial charge < -0.3 is 5.32 Å². The van der Waals surface area contributed by atoms with E-state index in [9.17, 15) is 0 Å². The normalized spacial score (nSPS) is 13.8. The van der Waals surface area contributed by atoms with E-state index < -0.39 is 0 Å². The molecule has 1 atom stereocenters. The Labute approximate surface area is 111 Å². The third kappa shape index (κ3) is 3.14. The molecule has 18 heavy (non-hydrogen) atoms. The molecule has 1 unspecified atom stereocenters. The fourth-order valence-electron chi connectivity index (χ4n) is 1.63. The molecule has 2 heterocycles. The molecule has 0 spiro atoms. The van der Waals surface area contributed by atoms with Gasteiger partial charge in [0.25, 0.3) is 0 Å².